The van der Waals surface area contributed by atoms with Gasteiger partial charge in [-0.05, 0) is 33.7 Å². The summed E-state index contributed by atoms with van der Waals surface area (Å²) >= 11 is 0. The molecule has 1 aliphatic rings. The number of aliphatic carboxylic acids is 1. The molecule has 0 spiro atoms. The number of carbonyl (C=O) groups excluding carboxylic acids is 1. The highest BCUT2D eigenvalue weighted by atomic mass is 16.4. The maximum atomic E-state index is 12.3. The Hall–Kier alpha value is -1.10. The molecular formula is C12H22N2O3. The van der Waals surface area contributed by atoms with Crippen LogP contribution in [0, 0.1) is 5.92 Å². The summed E-state index contributed by atoms with van der Waals surface area (Å²) in [4.78, 5) is 25.0. The topological polar surface area (TPSA) is 69.6 Å². The lowest BCUT2D eigenvalue weighted by molar-refractivity contribution is -0.144. The summed E-state index contributed by atoms with van der Waals surface area (Å²) in [5, 5.41) is 12.2. The van der Waals surface area contributed by atoms with E-state index >= 15 is 0 Å². The molecule has 0 aromatic rings. The van der Waals surface area contributed by atoms with Gasteiger partial charge in [-0.15, -0.1) is 0 Å². The van der Waals surface area contributed by atoms with Gasteiger partial charge in [0.05, 0.1) is 11.5 Å². The van der Waals surface area contributed by atoms with Crippen molar-refractivity contribution in [2.45, 2.75) is 45.7 Å². The Bertz CT molecular complexity index is 315. The Morgan fingerprint density at radius 1 is 1.47 bits per heavy atom. The average molecular weight is 242 g/mol. The average Bonchev–Trinajstić information content (AvgIpc) is 2.58. The van der Waals surface area contributed by atoms with Gasteiger partial charge in [0.15, 0.2) is 0 Å². The molecule has 1 fully saturated rings. The quantitative estimate of drug-likeness (QED) is 0.761. The second kappa shape index (κ2) is 5.04. The minimum Gasteiger partial charge on any atom is -0.481 e. The molecule has 0 bridgehead atoms. The minimum atomic E-state index is -0.811. The Morgan fingerprint density at radius 3 is 2.47 bits per heavy atom. The van der Waals surface area contributed by atoms with Gasteiger partial charge in [0.2, 0.25) is 5.91 Å². The van der Waals surface area contributed by atoms with Gasteiger partial charge in [0, 0.05) is 12.6 Å². The number of amides is 1. The van der Waals surface area contributed by atoms with Crippen molar-refractivity contribution in [3.05, 3.63) is 0 Å². The zero-order chi connectivity index (χ0) is 13.2. The molecule has 1 rings (SSSR count). The molecular weight excluding hydrogens is 220 g/mol. The Balaban J connectivity index is 2.75. The van der Waals surface area contributed by atoms with Crippen molar-refractivity contribution in [3.8, 4) is 0 Å². The second-order valence-electron chi connectivity index (χ2n) is 5.13. The third-order valence-corrected chi connectivity index (χ3v) is 3.49. The molecule has 0 radical (unpaired) electrons. The third-order valence-electron chi connectivity index (χ3n) is 3.49. The number of carbonyl (C=O) groups is 2. The van der Waals surface area contributed by atoms with Gasteiger partial charge in [0.1, 0.15) is 0 Å². The number of hydrogen-bond acceptors (Lipinski definition) is 3. The van der Waals surface area contributed by atoms with Crippen LogP contribution in [0.4, 0.5) is 0 Å². The summed E-state index contributed by atoms with van der Waals surface area (Å²) in [5.74, 6) is -1.26. The zero-order valence-corrected chi connectivity index (χ0v) is 11.0. The highest BCUT2D eigenvalue weighted by Crippen LogP contribution is 2.26. The second-order valence-corrected chi connectivity index (χ2v) is 5.13. The molecule has 17 heavy (non-hydrogen) atoms. The van der Waals surface area contributed by atoms with Gasteiger partial charge in [-0.1, -0.05) is 6.92 Å². The summed E-state index contributed by atoms with van der Waals surface area (Å²) in [7, 11) is 0. The molecule has 0 aliphatic carbocycles. The Kier molecular flexibility index (Phi) is 4.14. The van der Waals surface area contributed by atoms with Crippen LogP contribution < -0.4 is 5.32 Å². The van der Waals surface area contributed by atoms with Crippen LogP contribution in [0.1, 0.15) is 34.1 Å². The van der Waals surface area contributed by atoms with E-state index in [1.165, 1.54) is 0 Å². The third kappa shape index (κ3) is 2.77. The lowest BCUT2D eigenvalue weighted by atomic mass is 10.00. The summed E-state index contributed by atoms with van der Waals surface area (Å²) in [6.07, 6.45) is 0.546. The summed E-state index contributed by atoms with van der Waals surface area (Å²) < 4.78 is 0. The van der Waals surface area contributed by atoms with E-state index < -0.39 is 17.4 Å². The van der Waals surface area contributed by atoms with E-state index in [1.807, 2.05) is 27.7 Å². The minimum absolute atomic E-state index is 0.0180. The molecule has 1 heterocycles. The molecule has 1 amide bonds. The van der Waals surface area contributed by atoms with Gasteiger partial charge in [-0.2, -0.15) is 0 Å². The lowest BCUT2D eigenvalue weighted by Crippen LogP contribution is -2.55. The van der Waals surface area contributed by atoms with E-state index in [-0.39, 0.29) is 11.9 Å². The first-order valence-electron chi connectivity index (χ1n) is 6.10. The van der Waals surface area contributed by atoms with Gasteiger partial charge >= 0.3 is 5.97 Å². The van der Waals surface area contributed by atoms with E-state index in [4.69, 9.17) is 5.11 Å². The number of rotatable bonds is 4. The van der Waals surface area contributed by atoms with Gasteiger partial charge in [0.25, 0.3) is 0 Å². The van der Waals surface area contributed by atoms with Crippen LogP contribution in [0.3, 0.4) is 0 Å². The molecule has 0 aromatic carbocycles. The molecule has 2 atom stereocenters. The van der Waals surface area contributed by atoms with Crippen molar-refractivity contribution >= 4 is 11.9 Å². The van der Waals surface area contributed by atoms with Gasteiger partial charge in [-0.3, -0.25) is 9.59 Å². The monoisotopic (exact) mass is 242 g/mol. The normalized spacial score (nSPS) is 25.1. The van der Waals surface area contributed by atoms with E-state index in [0.717, 1.165) is 0 Å². The molecule has 5 heteroatoms. The number of carboxylic acids is 1. The number of nitrogens with zero attached hydrogens (tertiary/aromatic N) is 1. The number of likely N-dealkylation sites (N-methyl/N-ethyl adjacent to an activating group) is 1. The number of hydrogen-bond donors (Lipinski definition) is 2. The predicted octanol–water partition coefficient (Wildman–Crippen LogP) is 0.696. The Morgan fingerprint density at radius 2 is 2.06 bits per heavy atom. The first kappa shape index (κ1) is 14.0. The van der Waals surface area contributed by atoms with Crippen molar-refractivity contribution < 1.29 is 14.7 Å². The maximum absolute atomic E-state index is 12.3. The highest BCUT2D eigenvalue weighted by Gasteiger charge is 2.42. The van der Waals surface area contributed by atoms with E-state index in [2.05, 4.69) is 5.32 Å². The fraction of sp³-hybridized carbons (Fsp3) is 0.833. The first-order chi connectivity index (χ1) is 7.81. The smallest absolute Gasteiger partial charge is 0.308 e. The molecule has 5 nitrogen and oxygen atoms in total. The molecule has 2 unspecified atom stereocenters. The van der Waals surface area contributed by atoms with Crippen molar-refractivity contribution in [2.24, 2.45) is 5.92 Å². The van der Waals surface area contributed by atoms with Crippen molar-refractivity contribution in [1.82, 2.24) is 10.2 Å². The summed E-state index contributed by atoms with van der Waals surface area (Å²) in [6, 6.07) is -0.224. The van der Waals surface area contributed by atoms with Crippen LogP contribution in [-0.4, -0.2) is 46.6 Å². The van der Waals surface area contributed by atoms with Crippen LogP contribution >= 0.6 is 0 Å². The molecule has 1 saturated heterocycles. The SMILES string of the molecule is CCNC(C)(C)C(=O)N1CCC(C(=O)O)C1C. The molecule has 1 aliphatic heterocycles. The van der Waals surface area contributed by atoms with Crippen molar-refractivity contribution in [1.29, 1.82) is 0 Å². The molecule has 2 N–H and O–H groups in total. The summed E-state index contributed by atoms with van der Waals surface area (Å²) in [5.41, 5.74) is -0.629. The van der Waals surface area contributed by atoms with E-state index in [0.29, 0.717) is 19.5 Å². The summed E-state index contributed by atoms with van der Waals surface area (Å²) in [6.45, 7) is 8.67. The van der Waals surface area contributed by atoms with Crippen LogP contribution in [0.5, 0.6) is 0 Å². The fourth-order valence-corrected chi connectivity index (χ4v) is 2.43. The standard InChI is InChI=1S/C12H22N2O3/c1-5-13-12(3,4)11(17)14-7-6-9(8(14)2)10(15)16/h8-9,13H,5-7H2,1-4H3,(H,15,16). The number of nitrogens with one attached hydrogen (secondary N) is 1. The van der Waals surface area contributed by atoms with Crippen LogP contribution in [0.2, 0.25) is 0 Å². The van der Waals surface area contributed by atoms with Gasteiger partial charge < -0.3 is 15.3 Å². The Labute approximate surface area is 102 Å². The molecule has 0 saturated carbocycles. The van der Waals surface area contributed by atoms with Crippen LogP contribution in [-0.2, 0) is 9.59 Å². The highest BCUT2D eigenvalue weighted by molar-refractivity contribution is 5.87. The maximum Gasteiger partial charge on any atom is 0.308 e. The van der Waals surface area contributed by atoms with Crippen LogP contribution in [0.25, 0.3) is 0 Å². The van der Waals surface area contributed by atoms with E-state index in [9.17, 15) is 9.59 Å². The van der Waals surface area contributed by atoms with Crippen molar-refractivity contribution in [3.63, 3.8) is 0 Å². The number of carboxylic acid groups (broad SMARTS) is 1. The zero-order valence-electron chi connectivity index (χ0n) is 11.0. The first-order valence-corrected chi connectivity index (χ1v) is 6.10. The number of likely N-dealkylation sites (tertiary alicyclic amines) is 1. The van der Waals surface area contributed by atoms with Gasteiger partial charge in [-0.25, -0.2) is 0 Å². The van der Waals surface area contributed by atoms with Crippen LogP contribution in [0.15, 0.2) is 0 Å². The fourth-order valence-electron chi connectivity index (χ4n) is 2.43. The predicted molar refractivity (Wildman–Crippen MR) is 64.7 cm³/mol. The molecule has 98 valence electrons. The molecule has 0 aromatic heterocycles. The lowest BCUT2D eigenvalue weighted by Gasteiger charge is -2.33. The van der Waals surface area contributed by atoms with E-state index in [1.54, 1.807) is 4.90 Å². The largest absolute Gasteiger partial charge is 0.481 e. The van der Waals surface area contributed by atoms with Crippen molar-refractivity contribution in [2.75, 3.05) is 13.1 Å².